The van der Waals surface area contributed by atoms with Gasteiger partial charge in [-0.3, -0.25) is 9.59 Å². The maximum absolute atomic E-state index is 13.3. The van der Waals surface area contributed by atoms with E-state index < -0.39 is 0 Å². The lowest BCUT2D eigenvalue weighted by Gasteiger charge is -2.39. The first-order valence-corrected chi connectivity index (χ1v) is 9.38. The molecule has 1 fully saturated rings. The quantitative estimate of drug-likeness (QED) is 0.843. The van der Waals surface area contributed by atoms with E-state index in [1.54, 1.807) is 17.8 Å². The first-order chi connectivity index (χ1) is 11.9. The van der Waals surface area contributed by atoms with Crippen molar-refractivity contribution in [1.29, 1.82) is 0 Å². The van der Waals surface area contributed by atoms with Crippen molar-refractivity contribution in [2.24, 2.45) is 7.05 Å². The molecule has 1 aromatic rings. The van der Waals surface area contributed by atoms with Crippen LogP contribution < -0.4 is 5.56 Å². The fraction of sp³-hybridized carbons (Fsp3) is 0.600. The largest absolute Gasteiger partial charge is 0.336 e. The van der Waals surface area contributed by atoms with Crippen molar-refractivity contribution in [3.8, 4) is 0 Å². The molecule has 0 saturated carbocycles. The van der Waals surface area contributed by atoms with Crippen LogP contribution >= 0.6 is 0 Å². The van der Waals surface area contributed by atoms with Crippen molar-refractivity contribution < 1.29 is 4.79 Å². The van der Waals surface area contributed by atoms with Crippen molar-refractivity contribution in [1.82, 2.24) is 14.4 Å². The summed E-state index contributed by atoms with van der Waals surface area (Å²) in [6.07, 6.45) is 8.27. The Labute approximate surface area is 149 Å². The van der Waals surface area contributed by atoms with E-state index in [9.17, 15) is 9.59 Å². The van der Waals surface area contributed by atoms with Crippen LogP contribution in [0.3, 0.4) is 0 Å². The predicted molar refractivity (Wildman–Crippen MR) is 101 cm³/mol. The second-order valence-corrected chi connectivity index (χ2v) is 7.41. The van der Waals surface area contributed by atoms with Gasteiger partial charge in [-0.05, 0) is 45.6 Å². The highest BCUT2D eigenvalue weighted by Gasteiger charge is 2.30. The van der Waals surface area contributed by atoms with Gasteiger partial charge in [-0.15, -0.1) is 0 Å². The van der Waals surface area contributed by atoms with E-state index in [4.69, 9.17) is 0 Å². The topological polar surface area (TPSA) is 45.6 Å². The van der Waals surface area contributed by atoms with Crippen LogP contribution in [0.1, 0.15) is 55.1 Å². The van der Waals surface area contributed by atoms with Crippen LogP contribution in [0.25, 0.3) is 6.08 Å². The number of amides is 1. The SMILES string of the molecule is CCN(C(=O)c1cn(C)c(=O)c2c1C=CC2)C1CCN(C(C)C)CC1. The van der Waals surface area contributed by atoms with Crippen LogP contribution in [-0.4, -0.2) is 52.0 Å². The summed E-state index contributed by atoms with van der Waals surface area (Å²) in [5, 5.41) is 0. The summed E-state index contributed by atoms with van der Waals surface area (Å²) < 4.78 is 1.55. The van der Waals surface area contributed by atoms with Crippen LogP contribution in [-0.2, 0) is 13.5 Å². The smallest absolute Gasteiger partial charge is 0.256 e. The lowest BCUT2D eigenvalue weighted by molar-refractivity contribution is 0.0557. The average molecular weight is 343 g/mol. The Bertz CT molecular complexity index is 740. The summed E-state index contributed by atoms with van der Waals surface area (Å²) in [6, 6.07) is 0.842. The summed E-state index contributed by atoms with van der Waals surface area (Å²) in [5.74, 6) is 0.0592. The van der Waals surface area contributed by atoms with E-state index in [2.05, 4.69) is 18.7 Å². The van der Waals surface area contributed by atoms with Gasteiger partial charge in [0.15, 0.2) is 0 Å². The van der Waals surface area contributed by atoms with Crippen LogP contribution in [0.5, 0.6) is 0 Å². The summed E-state index contributed by atoms with van der Waals surface area (Å²) in [6.45, 7) is 9.28. The molecule has 136 valence electrons. The van der Waals surface area contributed by atoms with E-state index >= 15 is 0 Å². The molecule has 2 aliphatic rings. The molecular weight excluding hydrogens is 314 g/mol. The number of fused-ring (bicyclic) bond motifs is 1. The third-order valence-corrected chi connectivity index (χ3v) is 5.63. The molecule has 0 unspecified atom stereocenters. The Morgan fingerprint density at radius 1 is 1.32 bits per heavy atom. The number of allylic oxidation sites excluding steroid dienone is 1. The van der Waals surface area contributed by atoms with Crippen LogP contribution in [0.15, 0.2) is 17.1 Å². The zero-order chi connectivity index (χ0) is 18.1. The maximum atomic E-state index is 13.3. The van der Waals surface area contributed by atoms with E-state index in [0.29, 0.717) is 24.6 Å². The minimum absolute atomic E-state index is 0.00448. The molecule has 0 atom stereocenters. The molecule has 1 amide bonds. The average Bonchev–Trinajstić information content (AvgIpc) is 3.09. The van der Waals surface area contributed by atoms with Crippen LogP contribution in [0.2, 0.25) is 0 Å². The molecule has 0 N–H and O–H groups in total. The first kappa shape index (κ1) is 17.9. The number of rotatable bonds is 4. The molecule has 2 heterocycles. The molecular formula is C20H29N3O2. The molecule has 1 aliphatic heterocycles. The molecule has 0 radical (unpaired) electrons. The van der Waals surface area contributed by atoms with Crippen LogP contribution in [0, 0.1) is 0 Å². The Morgan fingerprint density at radius 2 is 2.00 bits per heavy atom. The predicted octanol–water partition coefficient (Wildman–Crippen LogP) is 2.29. The highest BCUT2D eigenvalue weighted by Crippen LogP contribution is 2.25. The molecule has 1 aliphatic carbocycles. The summed E-state index contributed by atoms with van der Waals surface area (Å²) in [5.41, 5.74) is 2.24. The van der Waals surface area contributed by atoms with Gasteiger partial charge in [0, 0.05) is 50.5 Å². The molecule has 0 bridgehead atoms. The zero-order valence-electron chi connectivity index (χ0n) is 15.8. The number of hydrogen-bond acceptors (Lipinski definition) is 3. The van der Waals surface area contributed by atoms with Crippen molar-refractivity contribution >= 4 is 12.0 Å². The van der Waals surface area contributed by atoms with Crippen molar-refractivity contribution in [2.75, 3.05) is 19.6 Å². The second kappa shape index (κ2) is 7.16. The van der Waals surface area contributed by atoms with Crippen molar-refractivity contribution in [3.05, 3.63) is 39.3 Å². The summed E-state index contributed by atoms with van der Waals surface area (Å²) in [4.78, 5) is 30.0. The first-order valence-electron chi connectivity index (χ1n) is 9.38. The molecule has 3 rings (SSSR count). The third-order valence-electron chi connectivity index (χ3n) is 5.63. The number of carbonyl (C=O) groups is 1. The number of pyridine rings is 1. The van der Waals surface area contributed by atoms with Crippen molar-refractivity contribution in [2.45, 2.75) is 52.1 Å². The zero-order valence-corrected chi connectivity index (χ0v) is 15.8. The molecule has 1 aromatic heterocycles. The molecule has 0 spiro atoms. The number of nitrogens with zero attached hydrogens (tertiary/aromatic N) is 3. The minimum Gasteiger partial charge on any atom is -0.336 e. The van der Waals surface area contributed by atoms with E-state index in [-0.39, 0.29) is 17.5 Å². The molecule has 1 saturated heterocycles. The number of aryl methyl sites for hydroxylation is 1. The number of piperidine rings is 1. The number of carbonyl (C=O) groups excluding carboxylic acids is 1. The van der Waals surface area contributed by atoms with Gasteiger partial charge in [0.2, 0.25) is 0 Å². The Hall–Kier alpha value is -1.88. The highest BCUT2D eigenvalue weighted by molar-refractivity contribution is 5.98. The van der Waals surface area contributed by atoms with E-state index in [1.807, 2.05) is 24.0 Å². The van der Waals surface area contributed by atoms with E-state index in [0.717, 1.165) is 37.1 Å². The van der Waals surface area contributed by atoms with E-state index in [1.165, 1.54) is 0 Å². The number of hydrogen-bond donors (Lipinski definition) is 0. The summed E-state index contributed by atoms with van der Waals surface area (Å²) >= 11 is 0. The minimum atomic E-state index is 0.00448. The fourth-order valence-electron chi connectivity index (χ4n) is 4.10. The third kappa shape index (κ3) is 3.30. The highest BCUT2D eigenvalue weighted by atomic mass is 16.2. The maximum Gasteiger partial charge on any atom is 0.256 e. The molecule has 5 nitrogen and oxygen atoms in total. The van der Waals surface area contributed by atoms with Crippen molar-refractivity contribution in [3.63, 3.8) is 0 Å². The van der Waals surface area contributed by atoms with Crippen LogP contribution in [0.4, 0.5) is 0 Å². The van der Waals surface area contributed by atoms with Gasteiger partial charge >= 0.3 is 0 Å². The van der Waals surface area contributed by atoms with Gasteiger partial charge in [0.05, 0.1) is 5.56 Å². The van der Waals surface area contributed by atoms with Gasteiger partial charge in [-0.1, -0.05) is 12.2 Å². The Balaban J connectivity index is 1.85. The Morgan fingerprint density at radius 3 is 2.60 bits per heavy atom. The van der Waals surface area contributed by atoms with Gasteiger partial charge < -0.3 is 14.4 Å². The molecule has 5 heteroatoms. The number of likely N-dealkylation sites (tertiary alicyclic amines) is 1. The number of aromatic nitrogens is 1. The lowest BCUT2D eigenvalue weighted by Crippen LogP contribution is -2.49. The van der Waals surface area contributed by atoms with Gasteiger partial charge in [0.1, 0.15) is 0 Å². The Kier molecular flexibility index (Phi) is 5.13. The van der Waals surface area contributed by atoms with Gasteiger partial charge in [-0.25, -0.2) is 0 Å². The molecule has 0 aromatic carbocycles. The van der Waals surface area contributed by atoms with Gasteiger partial charge in [0.25, 0.3) is 11.5 Å². The lowest BCUT2D eigenvalue weighted by atomic mass is 9.99. The fourth-order valence-corrected chi connectivity index (χ4v) is 4.10. The standard InChI is InChI=1S/C20H29N3O2/c1-5-23(15-9-11-22(12-10-15)14(2)3)20(25)18-13-21(4)19(24)17-8-6-7-16(17)18/h6-7,13-15H,5,8-12H2,1-4H3. The monoisotopic (exact) mass is 343 g/mol. The second-order valence-electron chi connectivity index (χ2n) is 7.41. The normalized spacial score (nSPS) is 18.0. The summed E-state index contributed by atoms with van der Waals surface area (Å²) in [7, 11) is 1.73. The van der Waals surface area contributed by atoms with Gasteiger partial charge in [-0.2, -0.15) is 0 Å². The molecule has 25 heavy (non-hydrogen) atoms.